The molecule has 5 nitrogen and oxygen atoms in total. The molecule has 0 spiro atoms. The van der Waals surface area contributed by atoms with Gasteiger partial charge in [0.15, 0.2) is 5.65 Å². The molecule has 3 aromatic heterocycles. The van der Waals surface area contributed by atoms with Gasteiger partial charge in [-0.1, -0.05) is 30.3 Å². The van der Waals surface area contributed by atoms with Crippen LogP contribution in [0.25, 0.3) is 16.9 Å². The number of nitrogens with zero attached hydrogens (tertiary/aromatic N) is 5. The van der Waals surface area contributed by atoms with Crippen molar-refractivity contribution < 1.29 is 0 Å². The summed E-state index contributed by atoms with van der Waals surface area (Å²) >= 11 is 0. The van der Waals surface area contributed by atoms with Gasteiger partial charge in [-0.15, -0.1) is 0 Å². The van der Waals surface area contributed by atoms with E-state index in [-0.39, 0.29) is 0 Å². The summed E-state index contributed by atoms with van der Waals surface area (Å²) in [6.07, 6.45) is 7.45. The fraction of sp³-hybridized carbons (Fsp3) is 0.0625. The Morgan fingerprint density at radius 2 is 1.81 bits per heavy atom. The van der Waals surface area contributed by atoms with Gasteiger partial charge < -0.3 is 0 Å². The average Bonchev–Trinajstić information content (AvgIpc) is 3.14. The Balaban J connectivity index is 1.68. The molecule has 0 atom stereocenters. The van der Waals surface area contributed by atoms with Gasteiger partial charge in [-0.2, -0.15) is 10.2 Å². The standard InChI is InChI=1S/C16H13N5/c1-2-5-13(6-3-1)11-20-12-14(9-19-20)15-10-17-16-7-4-8-18-21(15)16/h1-10,12H,11H2. The fourth-order valence-electron chi connectivity index (χ4n) is 2.38. The summed E-state index contributed by atoms with van der Waals surface area (Å²) in [5.74, 6) is 0. The Labute approximate surface area is 121 Å². The van der Waals surface area contributed by atoms with Crippen molar-refractivity contribution >= 4 is 5.65 Å². The first-order chi connectivity index (χ1) is 10.4. The predicted molar refractivity (Wildman–Crippen MR) is 79.8 cm³/mol. The predicted octanol–water partition coefficient (Wildman–Crippen LogP) is 2.64. The zero-order chi connectivity index (χ0) is 14.1. The molecule has 0 aliphatic heterocycles. The first-order valence-corrected chi connectivity index (χ1v) is 6.76. The molecule has 0 radical (unpaired) electrons. The summed E-state index contributed by atoms with van der Waals surface area (Å²) in [5, 5.41) is 8.75. The number of rotatable bonds is 3. The normalized spacial score (nSPS) is 11.0. The van der Waals surface area contributed by atoms with Gasteiger partial charge in [0.2, 0.25) is 0 Å². The molecule has 4 rings (SSSR count). The lowest BCUT2D eigenvalue weighted by molar-refractivity contribution is 0.687. The van der Waals surface area contributed by atoms with Crippen LogP contribution in [0, 0.1) is 0 Å². The van der Waals surface area contributed by atoms with E-state index in [2.05, 4.69) is 27.3 Å². The summed E-state index contributed by atoms with van der Waals surface area (Å²) in [6, 6.07) is 14.1. The maximum Gasteiger partial charge on any atom is 0.154 e. The van der Waals surface area contributed by atoms with Crippen molar-refractivity contribution in [2.24, 2.45) is 0 Å². The molecule has 0 fully saturated rings. The molecule has 0 aliphatic rings. The topological polar surface area (TPSA) is 48.0 Å². The highest BCUT2D eigenvalue weighted by atomic mass is 15.3. The summed E-state index contributed by atoms with van der Waals surface area (Å²) in [7, 11) is 0. The molecular weight excluding hydrogens is 262 g/mol. The molecule has 0 amide bonds. The molecule has 1 aromatic carbocycles. The molecule has 0 unspecified atom stereocenters. The molecule has 0 N–H and O–H groups in total. The second-order valence-corrected chi connectivity index (χ2v) is 4.85. The van der Waals surface area contributed by atoms with E-state index in [9.17, 15) is 0 Å². The van der Waals surface area contributed by atoms with Crippen molar-refractivity contribution in [1.29, 1.82) is 0 Å². The van der Waals surface area contributed by atoms with E-state index in [0.717, 1.165) is 23.4 Å². The minimum atomic E-state index is 0.755. The molecule has 0 saturated heterocycles. The van der Waals surface area contributed by atoms with Crippen molar-refractivity contribution in [2.45, 2.75) is 6.54 Å². The molecule has 0 aliphatic carbocycles. The molecule has 5 heteroatoms. The van der Waals surface area contributed by atoms with Crippen LogP contribution in [0.5, 0.6) is 0 Å². The summed E-state index contributed by atoms with van der Waals surface area (Å²) < 4.78 is 3.75. The van der Waals surface area contributed by atoms with Crippen molar-refractivity contribution in [1.82, 2.24) is 24.4 Å². The molecule has 102 valence electrons. The van der Waals surface area contributed by atoms with Crippen LogP contribution in [0.15, 0.2) is 67.3 Å². The first-order valence-electron chi connectivity index (χ1n) is 6.76. The van der Waals surface area contributed by atoms with Crippen molar-refractivity contribution in [2.75, 3.05) is 0 Å². The zero-order valence-electron chi connectivity index (χ0n) is 11.3. The lowest BCUT2D eigenvalue weighted by Crippen LogP contribution is -1.99. The largest absolute Gasteiger partial charge is 0.268 e. The molecule has 21 heavy (non-hydrogen) atoms. The van der Waals surface area contributed by atoms with E-state index in [1.165, 1.54) is 5.56 Å². The van der Waals surface area contributed by atoms with E-state index >= 15 is 0 Å². The Bertz CT molecular complexity index is 876. The van der Waals surface area contributed by atoms with Gasteiger partial charge in [0, 0.05) is 18.0 Å². The van der Waals surface area contributed by atoms with Gasteiger partial charge in [0.1, 0.15) is 0 Å². The summed E-state index contributed by atoms with van der Waals surface area (Å²) in [5.41, 5.74) is 4.02. The molecule has 4 aromatic rings. The highest BCUT2D eigenvalue weighted by Crippen LogP contribution is 2.19. The van der Waals surface area contributed by atoms with Crippen LogP contribution >= 0.6 is 0 Å². The van der Waals surface area contributed by atoms with Crippen molar-refractivity contribution in [3.05, 3.63) is 72.8 Å². The summed E-state index contributed by atoms with van der Waals surface area (Å²) in [6.45, 7) is 0.755. The lowest BCUT2D eigenvalue weighted by Gasteiger charge is -2.00. The second-order valence-electron chi connectivity index (χ2n) is 4.85. The Kier molecular flexibility index (Phi) is 2.74. The van der Waals surface area contributed by atoms with Gasteiger partial charge in [-0.25, -0.2) is 9.50 Å². The SMILES string of the molecule is c1ccc(Cn2cc(-c3cnc4cccnn34)cn2)cc1. The Morgan fingerprint density at radius 3 is 2.71 bits per heavy atom. The van der Waals surface area contributed by atoms with Crippen LogP contribution in [0.2, 0.25) is 0 Å². The Hall–Kier alpha value is -2.95. The number of hydrogen-bond donors (Lipinski definition) is 0. The van der Waals surface area contributed by atoms with E-state index in [1.54, 1.807) is 6.20 Å². The third-order valence-corrected chi connectivity index (χ3v) is 3.39. The summed E-state index contributed by atoms with van der Waals surface area (Å²) in [4.78, 5) is 4.35. The highest BCUT2D eigenvalue weighted by Gasteiger charge is 2.08. The maximum atomic E-state index is 4.42. The van der Waals surface area contributed by atoms with Crippen LogP contribution in [-0.2, 0) is 6.54 Å². The van der Waals surface area contributed by atoms with E-state index < -0.39 is 0 Å². The van der Waals surface area contributed by atoms with Crippen LogP contribution in [0.1, 0.15) is 5.56 Å². The first kappa shape index (κ1) is 11.8. The van der Waals surface area contributed by atoms with Gasteiger partial charge in [-0.05, 0) is 17.7 Å². The second kappa shape index (κ2) is 4.86. The number of fused-ring (bicyclic) bond motifs is 1. The number of hydrogen-bond acceptors (Lipinski definition) is 3. The van der Waals surface area contributed by atoms with E-state index in [0.29, 0.717) is 0 Å². The monoisotopic (exact) mass is 275 g/mol. The third kappa shape index (κ3) is 2.18. The van der Waals surface area contributed by atoms with Crippen LogP contribution < -0.4 is 0 Å². The average molecular weight is 275 g/mol. The quantitative estimate of drug-likeness (QED) is 0.577. The highest BCUT2D eigenvalue weighted by molar-refractivity contribution is 5.61. The van der Waals surface area contributed by atoms with Gasteiger partial charge >= 0.3 is 0 Å². The minimum Gasteiger partial charge on any atom is -0.268 e. The number of aromatic nitrogens is 5. The van der Waals surface area contributed by atoms with E-state index in [4.69, 9.17) is 0 Å². The molecule has 3 heterocycles. The Morgan fingerprint density at radius 1 is 0.905 bits per heavy atom. The van der Waals surface area contributed by atoms with Gasteiger partial charge in [0.05, 0.1) is 24.6 Å². The molecule has 0 bridgehead atoms. The van der Waals surface area contributed by atoms with Crippen LogP contribution in [0.3, 0.4) is 0 Å². The van der Waals surface area contributed by atoms with Gasteiger partial charge in [0.25, 0.3) is 0 Å². The zero-order valence-corrected chi connectivity index (χ0v) is 11.3. The van der Waals surface area contributed by atoms with Crippen LogP contribution in [0.4, 0.5) is 0 Å². The third-order valence-electron chi connectivity index (χ3n) is 3.39. The molecule has 0 saturated carbocycles. The van der Waals surface area contributed by atoms with Crippen molar-refractivity contribution in [3.8, 4) is 11.3 Å². The smallest absolute Gasteiger partial charge is 0.154 e. The lowest BCUT2D eigenvalue weighted by atomic mass is 10.2. The van der Waals surface area contributed by atoms with Gasteiger partial charge in [-0.3, -0.25) is 4.68 Å². The van der Waals surface area contributed by atoms with Crippen LogP contribution in [-0.4, -0.2) is 24.4 Å². The number of benzene rings is 1. The number of imidazole rings is 1. The fourth-order valence-corrected chi connectivity index (χ4v) is 2.38. The maximum absolute atomic E-state index is 4.42. The molecular formula is C16H13N5. The minimum absolute atomic E-state index is 0.755. The van der Waals surface area contributed by atoms with E-state index in [1.807, 2.05) is 58.1 Å². The van der Waals surface area contributed by atoms with Crippen molar-refractivity contribution in [3.63, 3.8) is 0 Å².